The maximum absolute atomic E-state index is 11.0. The zero-order valence-corrected chi connectivity index (χ0v) is 13.2. The second kappa shape index (κ2) is 4.83. The molecule has 0 radical (unpaired) electrons. The van der Waals surface area contributed by atoms with E-state index in [-0.39, 0.29) is 16.8 Å². The Kier molecular flexibility index (Phi) is 3.31. The van der Waals surface area contributed by atoms with Crippen LogP contribution >= 0.6 is 0 Å². The molecule has 0 aromatic heterocycles. The summed E-state index contributed by atoms with van der Waals surface area (Å²) in [7, 11) is -0.409. The first-order chi connectivity index (χ1) is 10.2. The van der Waals surface area contributed by atoms with Crippen molar-refractivity contribution in [2.75, 3.05) is 0 Å². The van der Waals surface area contributed by atoms with Crippen molar-refractivity contribution in [2.45, 2.75) is 38.9 Å². The maximum Gasteiger partial charge on any atom is 0.494 e. The lowest BCUT2D eigenvalue weighted by Crippen LogP contribution is -2.41. The molecule has 0 amide bonds. The Morgan fingerprint density at radius 2 is 1.50 bits per heavy atom. The van der Waals surface area contributed by atoms with Crippen LogP contribution in [0.15, 0.2) is 36.4 Å². The molecule has 2 aromatic rings. The van der Waals surface area contributed by atoms with Crippen molar-refractivity contribution in [1.29, 1.82) is 0 Å². The molecule has 0 atom stereocenters. The van der Waals surface area contributed by atoms with Crippen LogP contribution in [0.25, 0.3) is 10.8 Å². The summed E-state index contributed by atoms with van der Waals surface area (Å²) in [6.07, 6.45) is 0. The van der Waals surface area contributed by atoms with E-state index in [1.165, 1.54) is 0 Å². The fourth-order valence-corrected chi connectivity index (χ4v) is 2.52. The molecule has 1 aliphatic heterocycles. The van der Waals surface area contributed by atoms with Gasteiger partial charge in [0.05, 0.1) is 16.8 Å². The highest BCUT2D eigenvalue weighted by molar-refractivity contribution is 6.62. The van der Waals surface area contributed by atoms with Crippen LogP contribution in [-0.4, -0.2) is 29.4 Å². The maximum atomic E-state index is 11.0. The van der Waals surface area contributed by atoms with Gasteiger partial charge in [-0.25, -0.2) is 4.79 Å². The van der Waals surface area contributed by atoms with Crippen LogP contribution in [0.4, 0.5) is 0 Å². The lowest BCUT2D eigenvalue weighted by atomic mass is 9.78. The van der Waals surface area contributed by atoms with E-state index in [1.54, 1.807) is 12.1 Å². The molecule has 1 N–H and O–H groups in total. The molecular weight excluding hydrogens is 279 g/mol. The van der Waals surface area contributed by atoms with Gasteiger partial charge in [0.2, 0.25) is 0 Å². The predicted molar refractivity (Wildman–Crippen MR) is 86.6 cm³/mol. The average Bonchev–Trinajstić information content (AvgIpc) is 2.66. The molecule has 0 spiro atoms. The summed E-state index contributed by atoms with van der Waals surface area (Å²) in [6.45, 7) is 8.08. The Morgan fingerprint density at radius 1 is 0.955 bits per heavy atom. The summed E-state index contributed by atoms with van der Waals surface area (Å²) in [6, 6.07) is 10.9. The van der Waals surface area contributed by atoms with Gasteiger partial charge in [0.15, 0.2) is 0 Å². The van der Waals surface area contributed by atoms with E-state index in [0.29, 0.717) is 0 Å². The lowest BCUT2D eigenvalue weighted by Gasteiger charge is -2.32. The number of hydrogen-bond acceptors (Lipinski definition) is 3. The SMILES string of the molecule is CC1(C)OB(c2ccc3cc(C(=O)O)ccc3c2)OC1(C)C. The highest BCUT2D eigenvalue weighted by atomic mass is 16.7. The molecule has 0 aliphatic carbocycles. The number of carboxylic acid groups (broad SMARTS) is 1. The molecule has 0 bridgehead atoms. The van der Waals surface area contributed by atoms with Crippen LogP contribution in [0.1, 0.15) is 38.1 Å². The third kappa shape index (κ3) is 2.40. The summed E-state index contributed by atoms with van der Waals surface area (Å²) in [5.74, 6) is -0.920. The molecule has 22 heavy (non-hydrogen) atoms. The van der Waals surface area contributed by atoms with Crippen molar-refractivity contribution in [2.24, 2.45) is 0 Å². The molecular formula is C17H19BO4. The van der Waals surface area contributed by atoms with E-state index in [9.17, 15) is 4.79 Å². The largest absolute Gasteiger partial charge is 0.494 e. The zero-order chi connectivity index (χ0) is 16.1. The van der Waals surface area contributed by atoms with Gasteiger partial charge in [-0.15, -0.1) is 0 Å². The fourth-order valence-electron chi connectivity index (χ4n) is 2.52. The Hall–Kier alpha value is -1.85. The molecule has 1 fully saturated rings. The summed E-state index contributed by atoms with van der Waals surface area (Å²) in [5, 5.41) is 10.9. The van der Waals surface area contributed by atoms with Crippen molar-refractivity contribution in [3.05, 3.63) is 42.0 Å². The first-order valence-corrected chi connectivity index (χ1v) is 7.32. The minimum Gasteiger partial charge on any atom is -0.478 e. The second-order valence-corrected chi connectivity index (χ2v) is 6.71. The van der Waals surface area contributed by atoms with Crippen LogP contribution in [0, 0.1) is 0 Å². The van der Waals surface area contributed by atoms with Gasteiger partial charge in [0.25, 0.3) is 0 Å². The molecule has 2 aromatic carbocycles. The van der Waals surface area contributed by atoms with Crippen LogP contribution in [0.3, 0.4) is 0 Å². The van der Waals surface area contributed by atoms with E-state index >= 15 is 0 Å². The van der Waals surface area contributed by atoms with Crippen molar-refractivity contribution in [1.82, 2.24) is 0 Å². The monoisotopic (exact) mass is 298 g/mol. The third-order valence-electron chi connectivity index (χ3n) is 4.64. The number of benzene rings is 2. The summed E-state index contributed by atoms with van der Waals surface area (Å²) in [5.41, 5.74) is 0.477. The molecule has 1 saturated heterocycles. The highest BCUT2D eigenvalue weighted by Gasteiger charge is 2.51. The van der Waals surface area contributed by atoms with Crippen molar-refractivity contribution < 1.29 is 19.2 Å². The van der Waals surface area contributed by atoms with Gasteiger partial charge in [-0.2, -0.15) is 0 Å². The zero-order valence-electron chi connectivity index (χ0n) is 13.2. The Labute approximate surface area is 130 Å². The number of carboxylic acids is 1. The molecule has 1 heterocycles. The quantitative estimate of drug-likeness (QED) is 0.866. The van der Waals surface area contributed by atoms with Gasteiger partial charge >= 0.3 is 13.1 Å². The Morgan fingerprint density at radius 3 is 2.09 bits per heavy atom. The van der Waals surface area contributed by atoms with E-state index in [0.717, 1.165) is 16.2 Å². The summed E-state index contributed by atoms with van der Waals surface area (Å²) >= 11 is 0. The number of aromatic carboxylic acids is 1. The first kappa shape index (κ1) is 15.1. The van der Waals surface area contributed by atoms with Crippen LogP contribution in [-0.2, 0) is 9.31 Å². The minimum absolute atomic E-state index is 0.288. The third-order valence-corrected chi connectivity index (χ3v) is 4.64. The standard InChI is InChI=1S/C17H19BO4/c1-16(2)17(3,4)22-18(21-16)14-8-7-11-9-13(15(19)20)6-5-12(11)10-14/h5-10H,1-4H3,(H,19,20). The second-order valence-electron chi connectivity index (χ2n) is 6.71. The molecule has 0 unspecified atom stereocenters. The lowest BCUT2D eigenvalue weighted by molar-refractivity contribution is 0.00578. The van der Waals surface area contributed by atoms with Crippen LogP contribution < -0.4 is 5.46 Å². The summed E-state index contributed by atoms with van der Waals surface area (Å²) < 4.78 is 12.1. The van der Waals surface area contributed by atoms with Gasteiger partial charge < -0.3 is 14.4 Å². The normalized spacial score (nSPS) is 19.5. The number of carbonyl (C=O) groups is 1. The highest BCUT2D eigenvalue weighted by Crippen LogP contribution is 2.36. The molecule has 114 valence electrons. The van der Waals surface area contributed by atoms with Crippen LogP contribution in [0.2, 0.25) is 0 Å². The smallest absolute Gasteiger partial charge is 0.478 e. The predicted octanol–water partition coefficient (Wildman–Crippen LogP) is 2.84. The van der Waals surface area contributed by atoms with Gasteiger partial charge in [-0.05, 0) is 56.1 Å². The molecule has 3 rings (SSSR count). The Balaban J connectivity index is 1.97. The van der Waals surface area contributed by atoms with E-state index in [2.05, 4.69) is 0 Å². The number of rotatable bonds is 2. The van der Waals surface area contributed by atoms with E-state index in [4.69, 9.17) is 14.4 Å². The van der Waals surface area contributed by atoms with Gasteiger partial charge in [0.1, 0.15) is 0 Å². The summed E-state index contributed by atoms with van der Waals surface area (Å²) in [4.78, 5) is 11.0. The van der Waals surface area contributed by atoms with Crippen molar-refractivity contribution in [3.8, 4) is 0 Å². The first-order valence-electron chi connectivity index (χ1n) is 7.32. The Bertz CT molecular complexity index is 735. The van der Waals surface area contributed by atoms with Crippen molar-refractivity contribution in [3.63, 3.8) is 0 Å². The van der Waals surface area contributed by atoms with Crippen LogP contribution in [0.5, 0.6) is 0 Å². The van der Waals surface area contributed by atoms with E-state index in [1.807, 2.05) is 52.0 Å². The number of fused-ring (bicyclic) bond motifs is 1. The molecule has 1 aliphatic rings. The number of hydrogen-bond donors (Lipinski definition) is 1. The van der Waals surface area contributed by atoms with Crippen molar-refractivity contribution >= 4 is 29.3 Å². The van der Waals surface area contributed by atoms with Gasteiger partial charge in [-0.1, -0.05) is 24.3 Å². The molecule has 5 heteroatoms. The molecule has 0 saturated carbocycles. The van der Waals surface area contributed by atoms with E-state index < -0.39 is 13.1 Å². The van der Waals surface area contributed by atoms with Gasteiger partial charge in [-0.3, -0.25) is 0 Å². The molecule has 4 nitrogen and oxygen atoms in total. The minimum atomic E-state index is -0.920. The van der Waals surface area contributed by atoms with Gasteiger partial charge in [0, 0.05) is 0 Å². The average molecular weight is 298 g/mol. The topological polar surface area (TPSA) is 55.8 Å². The fraction of sp³-hybridized carbons (Fsp3) is 0.353.